The molecule has 2 fully saturated rings. The lowest BCUT2D eigenvalue weighted by molar-refractivity contribution is -0.149. The van der Waals surface area contributed by atoms with Gasteiger partial charge in [-0.25, -0.2) is 4.79 Å². The van der Waals surface area contributed by atoms with Crippen LogP contribution in [0.2, 0.25) is 0 Å². The van der Waals surface area contributed by atoms with E-state index in [1.807, 2.05) is 26.8 Å². The van der Waals surface area contributed by atoms with Crippen LogP contribution in [-0.4, -0.2) is 23.3 Å². The molecule has 0 aliphatic heterocycles. The summed E-state index contributed by atoms with van der Waals surface area (Å²) in [5.41, 5.74) is 0.602. The van der Waals surface area contributed by atoms with Gasteiger partial charge in [-0.3, -0.25) is 0 Å². The zero-order chi connectivity index (χ0) is 18.9. The highest BCUT2D eigenvalue weighted by molar-refractivity contribution is 5.83. The van der Waals surface area contributed by atoms with Gasteiger partial charge in [0.25, 0.3) is 0 Å². The molecule has 2 aliphatic carbocycles. The molecule has 3 heteroatoms. The van der Waals surface area contributed by atoms with Gasteiger partial charge in [-0.2, -0.15) is 0 Å². The smallest absolute Gasteiger partial charge is 0.330 e. The van der Waals surface area contributed by atoms with Crippen molar-refractivity contribution in [3.63, 3.8) is 0 Å². The Labute approximate surface area is 153 Å². The van der Waals surface area contributed by atoms with Crippen molar-refractivity contribution in [1.29, 1.82) is 0 Å². The van der Waals surface area contributed by atoms with E-state index in [1.165, 1.54) is 18.9 Å². The van der Waals surface area contributed by atoms with Crippen LogP contribution in [0, 0.1) is 22.7 Å². The van der Waals surface area contributed by atoms with Gasteiger partial charge >= 0.3 is 5.97 Å². The first-order valence-corrected chi connectivity index (χ1v) is 9.78. The molecule has 2 rings (SSSR count). The van der Waals surface area contributed by atoms with Crippen LogP contribution in [0.1, 0.15) is 73.6 Å². The molecule has 1 N–H and O–H groups in total. The van der Waals surface area contributed by atoms with Gasteiger partial charge in [0.15, 0.2) is 0 Å². The molecule has 0 unspecified atom stereocenters. The number of esters is 1. The molecule has 142 valence electrons. The summed E-state index contributed by atoms with van der Waals surface area (Å²) in [4.78, 5) is 11.6. The molecule has 0 amide bonds. The molecule has 2 aliphatic rings. The van der Waals surface area contributed by atoms with Gasteiger partial charge in [-0.15, -0.1) is 0 Å². The van der Waals surface area contributed by atoms with Crippen LogP contribution in [0.4, 0.5) is 0 Å². The van der Waals surface area contributed by atoms with E-state index in [1.54, 1.807) is 0 Å². The Hall–Kier alpha value is -1.09. The number of allylic oxidation sites excluding steroid dienone is 2. The highest BCUT2D eigenvalue weighted by Crippen LogP contribution is 2.62. The van der Waals surface area contributed by atoms with Crippen LogP contribution < -0.4 is 0 Å². The number of carbonyl (C=O) groups is 1. The molecule has 0 bridgehead atoms. The fourth-order valence-corrected chi connectivity index (χ4v) is 5.65. The van der Waals surface area contributed by atoms with Crippen LogP contribution in [0.5, 0.6) is 0 Å². The lowest BCUT2D eigenvalue weighted by atomic mass is 9.45. The standard InChI is InChI=1S/C22H36O3/c1-7-25-19(23)15-16(2)9-10-18-21(5)13-8-12-20(3,4)17(21)11-14-22(18,6)24/h9-10,15,17-18,24H,7-8,11-14H2,1-6H3/b10-9+,16-15?/t17-,18+,21-,22-/m0/s1. The Morgan fingerprint density at radius 1 is 1.20 bits per heavy atom. The SMILES string of the molecule is CCOC(=O)C=C(C)/C=C/[C@@H]1[C@@]2(C)CCCC(C)(C)[C@@H]2CC[C@]1(C)O. The van der Waals surface area contributed by atoms with E-state index in [0.717, 1.165) is 24.8 Å². The summed E-state index contributed by atoms with van der Waals surface area (Å²) >= 11 is 0. The van der Waals surface area contributed by atoms with Crippen molar-refractivity contribution in [1.82, 2.24) is 0 Å². The van der Waals surface area contributed by atoms with Crippen LogP contribution >= 0.6 is 0 Å². The summed E-state index contributed by atoms with van der Waals surface area (Å²) in [5, 5.41) is 11.1. The number of carbonyl (C=O) groups excluding carboxylic acids is 1. The van der Waals surface area contributed by atoms with Gasteiger partial charge in [0, 0.05) is 12.0 Å². The maximum Gasteiger partial charge on any atom is 0.330 e. The van der Waals surface area contributed by atoms with Crippen LogP contribution in [0.3, 0.4) is 0 Å². The van der Waals surface area contributed by atoms with Gasteiger partial charge in [0.05, 0.1) is 12.2 Å². The predicted octanol–water partition coefficient (Wildman–Crippen LogP) is 5.05. The van der Waals surface area contributed by atoms with Crippen molar-refractivity contribution in [3.05, 3.63) is 23.8 Å². The number of hydrogen-bond donors (Lipinski definition) is 1. The van der Waals surface area contributed by atoms with E-state index in [0.29, 0.717) is 17.9 Å². The van der Waals surface area contributed by atoms with Crippen molar-refractivity contribution in [2.75, 3.05) is 6.61 Å². The maximum atomic E-state index is 11.6. The number of ether oxygens (including phenoxy) is 1. The predicted molar refractivity (Wildman–Crippen MR) is 102 cm³/mol. The maximum absolute atomic E-state index is 11.6. The zero-order valence-electron chi connectivity index (χ0n) is 16.9. The Morgan fingerprint density at radius 3 is 2.52 bits per heavy atom. The third kappa shape index (κ3) is 4.19. The van der Waals surface area contributed by atoms with Crippen molar-refractivity contribution < 1.29 is 14.6 Å². The van der Waals surface area contributed by atoms with E-state index in [9.17, 15) is 9.90 Å². The topological polar surface area (TPSA) is 46.5 Å². The van der Waals surface area contributed by atoms with E-state index in [-0.39, 0.29) is 17.3 Å². The number of hydrogen-bond acceptors (Lipinski definition) is 3. The molecule has 2 saturated carbocycles. The van der Waals surface area contributed by atoms with E-state index in [2.05, 4.69) is 26.8 Å². The second kappa shape index (κ2) is 7.26. The number of aliphatic hydroxyl groups is 1. The van der Waals surface area contributed by atoms with E-state index in [4.69, 9.17) is 4.74 Å². The second-order valence-corrected chi connectivity index (χ2v) is 9.27. The summed E-state index contributed by atoms with van der Waals surface area (Å²) in [7, 11) is 0. The van der Waals surface area contributed by atoms with Gasteiger partial charge in [-0.1, -0.05) is 39.3 Å². The minimum Gasteiger partial charge on any atom is -0.463 e. The van der Waals surface area contributed by atoms with Gasteiger partial charge in [0.2, 0.25) is 0 Å². The fourth-order valence-electron chi connectivity index (χ4n) is 5.65. The molecule has 0 saturated heterocycles. The van der Waals surface area contributed by atoms with E-state index < -0.39 is 5.60 Å². The first kappa shape index (κ1) is 20.2. The zero-order valence-corrected chi connectivity index (χ0v) is 16.9. The normalized spacial score (nSPS) is 38.4. The van der Waals surface area contributed by atoms with Crippen LogP contribution in [0.15, 0.2) is 23.8 Å². The highest BCUT2D eigenvalue weighted by atomic mass is 16.5. The molecule has 0 spiro atoms. The molecule has 3 nitrogen and oxygen atoms in total. The third-order valence-electron chi connectivity index (χ3n) is 6.78. The first-order chi connectivity index (χ1) is 11.5. The average molecular weight is 349 g/mol. The molecule has 25 heavy (non-hydrogen) atoms. The van der Waals surface area contributed by atoms with Crippen LogP contribution in [0.25, 0.3) is 0 Å². The fraction of sp³-hybridized carbons (Fsp3) is 0.773. The Kier molecular flexibility index (Phi) is 5.88. The minimum absolute atomic E-state index is 0.101. The largest absolute Gasteiger partial charge is 0.463 e. The molecular weight excluding hydrogens is 312 g/mol. The van der Waals surface area contributed by atoms with E-state index >= 15 is 0 Å². The van der Waals surface area contributed by atoms with Gasteiger partial charge in [-0.05, 0) is 68.8 Å². The van der Waals surface area contributed by atoms with Crippen molar-refractivity contribution >= 4 is 5.97 Å². The summed E-state index contributed by atoms with van der Waals surface area (Å²) < 4.78 is 4.98. The summed E-state index contributed by atoms with van der Waals surface area (Å²) in [6.45, 7) is 13.2. The van der Waals surface area contributed by atoms with Crippen molar-refractivity contribution in [2.45, 2.75) is 79.2 Å². The molecule has 4 atom stereocenters. The van der Waals surface area contributed by atoms with Crippen molar-refractivity contribution in [3.8, 4) is 0 Å². The molecule has 0 heterocycles. The highest BCUT2D eigenvalue weighted by Gasteiger charge is 2.57. The molecule has 0 aromatic rings. The minimum atomic E-state index is -0.695. The Morgan fingerprint density at radius 2 is 1.88 bits per heavy atom. The van der Waals surface area contributed by atoms with Crippen molar-refractivity contribution in [2.24, 2.45) is 22.7 Å². The Bertz CT molecular complexity index is 556. The summed E-state index contributed by atoms with van der Waals surface area (Å²) in [6, 6.07) is 0. The first-order valence-electron chi connectivity index (χ1n) is 9.78. The third-order valence-corrected chi connectivity index (χ3v) is 6.78. The average Bonchev–Trinajstić information content (AvgIpc) is 2.44. The quantitative estimate of drug-likeness (QED) is 0.439. The van der Waals surface area contributed by atoms with Crippen LogP contribution in [-0.2, 0) is 9.53 Å². The molecule has 0 aromatic carbocycles. The second-order valence-electron chi connectivity index (χ2n) is 9.27. The monoisotopic (exact) mass is 348 g/mol. The Balaban J connectivity index is 2.29. The summed E-state index contributed by atoms with van der Waals surface area (Å²) in [6.07, 6.45) is 11.3. The molecular formula is C22H36O3. The summed E-state index contributed by atoms with van der Waals surface area (Å²) in [5.74, 6) is 0.421. The lowest BCUT2D eigenvalue weighted by Crippen LogP contribution is -2.56. The lowest BCUT2D eigenvalue weighted by Gasteiger charge is -2.60. The number of rotatable bonds is 4. The number of fused-ring (bicyclic) bond motifs is 1. The molecule has 0 radical (unpaired) electrons. The van der Waals surface area contributed by atoms with Gasteiger partial charge < -0.3 is 9.84 Å². The van der Waals surface area contributed by atoms with Gasteiger partial charge in [0.1, 0.15) is 0 Å². The molecule has 0 aromatic heterocycles.